The zero-order valence-electron chi connectivity index (χ0n) is 16.9. The van der Waals surface area contributed by atoms with Gasteiger partial charge in [-0.05, 0) is 55.7 Å². The smallest absolute Gasteiger partial charge is 0.279 e. The molecule has 3 rings (SSSR count). The van der Waals surface area contributed by atoms with Crippen molar-refractivity contribution in [2.75, 3.05) is 26.2 Å². The number of piperidine rings is 2. The third-order valence-corrected chi connectivity index (χ3v) is 7.23. The van der Waals surface area contributed by atoms with E-state index in [4.69, 9.17) is 0 Å². The lowest BCUT2D eigenvalue weighted by Crippen LogP contribution is -2.52. The van der Waals surface area contributed by atoms with Gasteiger partial charge in [-0.1, -0.05) is 44.5 Å². The first-order chi connectivity index (χ1) is 12.9. The minimum atomic E-state index is -3.34. The van der Waals surface area contributed by atoms with Crippen molar-refractivity contribution >= 4 is 10.2 Å². The predicted molar refractivity (Wildman–Crippen MR) is 111 cm³/mol. The molecule has 0 bridgehead atoms. The van der Waals surface area contributed by atoms with Gasteiger partial charge in [-0.25, -0.2) is 0 Å². The van der Waals surface area contributed by atoms with Gasteiger partial charge in [0.1, 0.15) is 0 Å². The van der Waals surface area contributed by atoms with Crippen molar-refractivity contribution in [2.45, 2.75) is 65.0 Å². The fourth-order valence-electron chi connectivity index (χ4n) is 4.20. The summed E-state index contributed by atoms with van der Waals surface area (Å²) in [6.45, 7) is 8.53. The Balaban J connectivity index is 1.53. The van der Waals surface area contributed by atoms with Crippen molar-refractivity contribution in [1.82, 2.24) is 13.9 Å². The molecule has 1 atom stereocenters. The molecular formula is C21H35N3O2S. The third-order valence-electron chi connectivity index (χ3n) is 5.55. The van der Waals surface area contributed by atoms with Gasteiger partial charge in [-0.15, -0.1) is 0 Å². The number of benzene rings is 1. The van der Waals surface area contributed by atoms with E-state index in [0.29, 0.717) is 19.0 Å². The molecule has 2 heterocycles. The molecular weight excluding hydrogens is 358 g/mol. The highest BCUT2D eigenvalue weighted by molar-refractivity contribution is 7.87. The highest BCUT2D eigenvalue weighted by Gasteiger charge is 2.29. The largest absolute Gasteiger partial charge is 0.298 e. The summed E-state index contributed by atoms with van der Waals surface area (Å²) in [5, 5.41) is 0. The Morgan fingerprint density at radius 1 is 1.00 bits per heavy atom. The molecule has 1 aromatic rings. The van der Waals surface area contributed by atoms with Crippen molar-refractivity contribution in [3.05, 3.63) is 35.4 Å². The molecule has 0 spiro atoms. The number of hydrogen-bond donors (Lipinski definition) is 1. The van der Waals surface area contributed by atoms with Gasteiger partial charge in [0.25, 0.3) is 10.2 Å². The molecule has 152 valence electrons. The zero-order valence-corrected chi connectivity index (χ0v) is 17.7. The Labute approximate surface area is 165 Å². The number of nitrogens with one attached hydrogen (secondary N) is 1. The van der Waals surface area contributed by atoms with Crippen LogP contribution in [0.4, 0.5) is 0 Å². The van der Waals surface area contributed by atoms with E-state index in [9.17, 15) is 8.42 Å². The number of hydrogen-bond acceptors (Lipinski definition) is 3. The van der Waals surface area contributed by atoms with E-state index >= 15 is 0 Å². The Morgan fingerprint density at radius 2 is 1.67 bits per heavy atom. The van der Waals surface area contributed by atoms with E-state index in [-0.39, 0.29) is 6.04 Å². The monoisotopic (exact) mass is 393 g/mol. The van der Waals surface area contributed by atoms with Gasteiger partial charge >= 0.3 is 0 Å². The molecule has 27 heavy (non-hydrogen) atoms. The topological polar surface area (TPSA) is 52.7 Å². The lowest BCUT2D eigenvalue weighted by atomic mass is 10.0. The minimum Gasteiger partial charge on any atom is -0.298 e. The van der Waals surface area contributed by atoms with Crippen LogP contribution < -0.4 is 4.72 Å². The van der Waals surface area contributed by atoms with Crippen LogP contribution in [0.1, 0.15) is 57.1 Å². The maximum Gasteiger partial charge on any atom is 0.279 e. The lowest BCUT2D eigenvalue weighted by Gasteiger charge is -2.35. The third kappa shape index (κ3) is 6.28. The van der Waals surface area contributed by atoms with Gasteiger partial charge in [0.05, 0.1) is 0 Å². The van der Waals surface area contributed by atoms with Crippen molar-refractivity contribution in [2.24, 2.45) is 5.92 Å². The van der Waals surface area contributed by atoms with Gasteiger partial charge in [0.2, 0.25) is 0 Å². The van der Waals surface area contributed by atoms with E-state index < -0.39 is 10.2 Å². The molecule has 0 aliphatic carbocycles. The lowest BCUT2D eigenvalue weighted by molar-refractivity contribution is 0.192. The Morgan fingerprint density at radius 3 is 2.33 bits per heavy atom. The van der Waals surface area contributed by atoms with Crippen LogP contribution >= 0.6 is 0 Å². The Kier molecular flexibility index (Phi) is 7.31. The SMILES string of the molecule is CC(C)Cc1ccc(CN2CCC[C@H](NS(=O)(=O)N3CCCCC3)C2)cc1. The van der Waals surface area contributed by atoms with Crippen LogP contribution in [0.2, 0.25) is 0 Å². The molecule has 2 aliphatic rings. The van der Waals surface area contributed by atoms with Crippen molar-refractivity contribution < 1.29 is 8.42 Å². The Hall–Kier alpha value is -0.950. The molecule has 5 nitrogen and oxygen atoms in total. The van der Waals surface area contributed by atoms with E-state index in [1.54, 1.807) is 4.31 Å². The second-order valence-electron chi connectivity index (χ2n) is 8.57. The van der Waals surface area contributed by atoms with Crippen LogP contribution in [0.15, 0.2) is 24.3 Å². The van der Waals surface area contributed by atoms with Gasteiger partial charge in [-0.3, -0.25) is 4.90 Å². The van der Waals surface area contributed by atoms with Crippen LogP contribution in [-0.4, -0.2) is 49.8 Å². The van der Waals surface area contributed by atoms with Crippen LogP contribution in [0, 0.1) is 5.92 Å². The second kappa shape index (κ2) is 9.50. The first-order valence-corrected chi connectivity index (χ1v) is 11.9. The van der Waals surface area contributed by atoms with E-state index in [1.807, 2.05) is 0 Å². The summed E-state index contributed by atoms with van der Waals surface area (Å²) in [6, 6.07) is 8.93. The fourth-order valence-corrected chi connectivity index (χ4v) is 5.70. The summed E-state index contributed by atoms with van der Waals surface area (Å²) < 4.78 is 29.9. The molecule has 6 heteroatoms. The average Bonchev–Trinajstić information content (AvgIpc) is 2.64. The summed E-state index contributed by atoms with van der Waals surface area (Å²) in [5.41, 5.74) is 2.70. The summed E-state index contributed by atoms with van der Waals surface area (Å²) in [7, 11) is -3.34. The van der Waals surface area contributed by atoms with Gasteiger partial charge < -0.3 is 0 Å². The molecule has 0 aromatic heterocycles. The number of nitrogens with zero attached hydrogens (tertiary/aromatic N) is 2. The Bertz CT molecular complexity index is 682. The maximum atomic E-state index is 12.6. The van der Waals surface area contributed by atoms with Gasteiger partial charge in [-0.2, -0.15) is 17.4 Å². The van der Waals surface area contributed by atoms with Crippen LogP contribution in [0.5, 0.6) is 0 Å². The van der Waals surface area contributed by atoms with E-state index in [1.165, 1.54) is 11.1 Å². The summed E-state index contributed by atoms with van der Waals surface area (Å²) >= 11 is 0. The minimum absolute atomic E-state index is 0.0193. The highest BCUT2D eigenvalue weighted by atomic mass is 32.2. The fraction of sp³-hybridized carbons (Fsp3) is 0.714. The van der Waals surface area contributed by atoms with Crippen molar-refractivity contribution in [3.63, 3.8) is 0 Å². The number of rotatable bonds is 7. The maximum absolute atomic E-state index is 12.6. The second-order valence-corrected chi connectivity index (χ2v) is 10.3. The molecule has 2 aliphatic heterocycles. The zero-order chi connectivity index (χ0) is 19.3. The van der Waals surface area contributed by atoms with Gasteiger partial charge in [0, 0.05) is 32.2 Å². The molecule has 2 fully saturated rings. The molecule has 2 saturated heterocycles. The molecule has 0 amide bonds. The first-order valence-electron chi connectivity index (χ1n) is 10.5. The normalized spacial score (nSPS) is 23.0. The standard InChI is InChI=1S/C21H35N3O2S/c1-18(2)15-19-8-10-20(11-9-19)16-23-12-6-7-21(17-23)22-27(25,26)24-13-4-3-5-14-24/h8-11,18,21-22H,3-7,12-17H2,1-2H3/t21-/m0/s1. The average molecular weight is 394 g/mol. The van der Waals surface area contributed by atoms with Crippen LogP contribution in [-0.2, 0) is 23.2 Å². The van der Waals surface area contributed by atoms with E-state index in [0.717, 1.165) is 58.2 Å². The van der Waals surface area contributed by atoms with Gasteiger partial charge in [0.15, 0.2) is 0 Å². The van der Waals surface area contributed by atoms with Crippen molar-refractivity contribution in [3.8, 4) is 0 Å². The summed E-state index contributed by atoms with van der Waals surface area (Å²) in [4.78, 5) is 2.38. The molecule has 1 aromatic carbocycles. The predicted octanol–water partition coefficient (Wildman–Crippen LogP) is 3.17. The van der Waals surface area contributed by atoms with Crippen molar-refractivity contribution in [1.29, 1.82) is 0 Å². The highest BCUT2D eigenvalue weighted by Crippen LogP contribution is 2.18. The first kappa shape index (κ1) is 20.8. The molecule has 0 saturated carbocycles. The number of likely N-dealkylation sites (tertiary alicyclic amines) is 1. The summed E-state index contributed by atoms with van der Waals surface area (Å²) in [5.74, 6) is 0.673. The van der Waals surface area contributed by atoms with E-state index in [2.05, 4.69) is 47.7 Å². The van der Waals surface area contributed by atoms with Crippen LogP contribution in [0.3, 0.4) is 0 Å². The molecule has 0 radical (unpaired) electrons. The molecule has 0 unspecified atom stereocenters. The molecule has 1 N–H and O–H groups in total. The quantitative estimate of drug-likeness (QED) is 0.774. The van der Waals surface area contributed by atoms with Crippen LogP contribution in [0.25, 0.3) is 0 Å². The summed E-state index contributed by atoms with van der Waals surface area (Å²) in [6.07, 6.45) is 6.17.